The molecule has 7 nitrogen and oxygen atoms in total. The number of alkyl halides is 3. The summed E-state index contributed by atoms with van der Waals surface area (Å²) in [6.45, 7) is 4.23. The van der Waals surface area contributed by atoms with Crippen LogP contribution < -0.4 is 15.5 Å². The number of carbonyl (C=O) groups excluding carboxylic acids is 1. The molecule has 0 fully saturated rings. The van der Waals surface area contributed by atoms with Crippen molar-refractivity contribution >= 4 is 51.2 Å². The van der Waals surface area contributed by atoms with Gasteiger partial charge in [0.05, 0.1) is 29.3 Å². The highest BCUT2D eigenvalue weighted by atomic mass is 35.5. The Morgan fingerprint density at radius 3 is 2.64 bits per heavy atom. The molecule has 0 unspecified atom stereocenters. The number of hydrogen-bond acceptors (Lipinski definition) is 6. The Bertz CT molecular complexity index is 1390. The Balaban J connectivity index is 1.36. The fourth-order valence-corrected chi connectivity index (χ4v) is 6.98. The highest BCUT2D eigenvalue weighted by Gasteiger charge is 2.44. The average Bonchev–Trinajstić information content (AvgIpc) is 3.44. The van der Waals surface area contributed by atoms with Gasteiger partial charge in [0, 0.05) is 46.9 Å². The summed E-state index contributed by atoms with van der Waals surface area (Å²) < 4.78 is 38.4. The van der Waals surface area contributed by atoms with E-state index >= 15 is 0 Å². The Labute approximate surface area is 233 Å². The van der Waals surface area contributed by atoms with Gasteiger partial charge in [-0.3, -0.25) is 10.2 Å². The van der Waals surface area contributed by atoms with Crippen LogP contribution in [0.1, 0.15) is 42.8 Å². The van der Waals surface area contributed by atoms with Crippen molar-refractivity contribution in [3.8, 4) is 5.75 Å². The van der Waals surface area contributed by atoms with Crippen LogP contribution in [-0.4, -0.2) is 46.8 Å². The topological polar surface area (TPSA) is 80.7 Å². The van der Waals surface area contributed by atoms with Gasteiger partial charge in [-0.25, -0.2) is 9.78 Å². The summed E-state index contributed by atoms with van der Waals surface area (Å²) in [6.07, 6.45) is -2.23. The Morgan fingerprint density at radius 1 is 1.18 bits per heavy atom. The van der Waals surface area contributed by atoms with Crippen molar-refractivity contribution in [3.63, 3.8) is 0 Å². The van der Waals surface area contributed by atoms with Gasteiger partial charge in [-0.05, 0) is 37.1 Å². The van der Waals surface area contributed by atoms with Gasteiger partial charge < -0.3 is 15.3 Å². The van der Waals surface area contributed by atoms with Crippen LogP contribution in [0.4, 0.5) is 40.2 Å². The lowest BCUT2D eigenvalue weighted by Gasteiger charge is -2.29. The number of thiazole rings is 1. The van der Waals surface area contributed by atoms with Crippen molar-refractivity contribution in [3.05, 3.63) is 57.6 Å². The zero-order valence-electron chi connectivity index (χ0n) is 21.5. The zero-order chi connectivity index (χ0) is 27.9. The minimum Gasteiger partial charge on any atom is -0.506 e. The highest BCUT2D eigenvalue weighted by Crippen LogP contribution is 2.55. The fraction of sp³-hybridized carbons (Fsp3) is 0.407. The van der Waals surface area contributed by atoms with E-state index in [2.05, 4.69) is 29.5 Å². The maximum Gasteiger partial charge on any atom is 0.401 e. The van der Waals surface area contributed by atoms with Crippen LogP contribution in [0.5, 0.6) is 5.75 Å². The molecule has 0 atom stereocenters. The van der Waals surface area contributed by atoms with E-state index in [-0.39, 0.29) is 24.3 Å². The van der Waals surface area contributed by atoms with Crippen LogP contribution in [0.25, 0.3) is 0 Å². The van der Waals surface area contributed by atoms with Gasteiger partial charge >= 0.3 is 12.2 Å². The van der Waals surface area contributed by atoms with Crippen molar-refractivity contribution in [1.29, 1.82) is 0 Å². The number of aromatic nitrogens is 1. The third kappa shape index (κ3) is 5.39. The number of hydrogen-bond donors (Lipinski definition) is 3. The van der Waals surface area contributed by atoms with Crippen LogP contribution in [0, 0.1) is 0 Å². The molecule has 3 aromatic rings. The van der Waals surface area contributed by atoms with Crippen LogP contribution in [0.3, 0.4) is 0 Å². The van der Waals surface area contributed by atoms with Gasteiger partial charge in [-0.2, -0.15) is 13.2 Å². The summed E-state index contributed by atoms with van der Waals surface area (Å²) in [5.41, 5.74) is 3.22. The van der Waals surface area contributed by atoms with E-state index in [4.69, 9.17) is 11.6 Å². The number of benzene rings is 2. The molecule has 208 valence electrons. The van der Waals surface area contributed by atoms with Crippen molar-refractivity contribution in [2.45, 2.75) is 51.2 Å². The summed E-state index contributed by atoms with van der Waals surface area (Å²) >= 11 is 7.84. The first-order chi connectivity index (χ1) is 18.5. The second kappa shape index (κ2) is 10.5. The lowest BCUT2D eigenvalue weighted by Crippen LogP contribution is -2.37. The van der Waals surface area contributed by atoms with E-state index in [1.54, 1.807) is 24.3 Å². The molecular weight excluding hydrogens is 551 g/mol. The molecule has 0 saturated heterocycles. The molecule has 3 heterocycles. The van der Waals surface area contributed by atoms with Gasteiger partial charge in [0.15, 0.2) is 5.13 Å². The van der Waals surface area contributed by atoms with Crippen LogP contribution >= 0.6 is 22.9 Å². The number of phenolic OH excluding ortho intramolecular Hbond substituents is 1. The van der Waals surface area contributed by atoms with Gasteiger partial charge in [-0.15, -0.1) is 11.3 Å². The molecule has 0 saturated carbocycles. The SMILES string of the molecule is CCC1(CC)CN(c2ccccc2NC(=O)Nc2nc3c(s2)CN(CC(F)(F)F)CC3)c2c(O)ccc(Cl)c21. The van der Waals surface area contributed by atoms with Crippen LogP contribution in [-0.2, 0) is 18.4 Å². The smallest absolute Gasteiger partial charge is 0.401 e. The standard InChI is InChI=1S/C27H29ClF3N5O2S/c1-3-26(4-2)14-36(23-20(37)10-9-16(28)22(23)26)19-8-6-5-7-17(19)32-24(38)34-25-33-18-11-12-35(13-21(18)39-25)15-27(29,30)31/h5-10,37H,3-4,11-15H2,1-2H3,(H2,32,33,34,38). The van der Waals surface area contributed by atoms with E-state index in [0.717, 1.165) is 23.3 Å². The van der Waals surface area contributed by atoms with Crippen molar-refractivity contribution < 1.29 is 23.1 Å². The van der Waals surface area contributed by atoms with E-state index < -0.39 is 18.8 Å². The minimum absolute atomic E-state index is 0.116. The third-order valence-electron chi connectivity index (χ3n) is 7.60. The van der Waals surface area contributed by atoms with Crippen molar-refractivity contribution in [2.75, 3.05) is 35.2 Å². The summed E-state index contributed by atoms with van der Waals surface area (Å²) in [7, 11) is 0. The first kappa shape index (κ1) is 27.5. The second-order valence-electron chi connectivity index (χ2n) is 9.92. The Hall–Kier alpha value is -3.02. The molecule has 12 heteroatoms. The molecule has 2 amide bonds. The predicted octanol–water partition coefficient (Wildman–Crippen LogP) is 7.28. The molecule has 2 aromatic carbocycles. The number of halogens is 4. The van der Waals surface area contributed by atoms with Gasteiger partial charge in [0.2, 0.25) is 0 Å². The monoisotopic (exact) mass is 579 g/mol. The van der Waals surface area contributed by atoms with E-state index in [9.17, 15) is 23.1 Å². The van der Waals surface area contributed by atoms with Crippen LogP contribution in [0.2, 0.25) is 5.02 Å². The highest BCUT2D eigenvalue weighted by molar-refractivity contribution is 7.15. The van der Waals surface area contributed by atoms with E-state index in [1.165, 1.54) is 16.2 Å². The number of carbonyl (C=O) groups is 1. The Kier molecular flexibility index (Phi) is 7.43. The molecule has 0 radical (unpaired) electrons. The molecule has 2 aliphatic rings. The third-order valence-corrected chi connectivity index (χ3v) is 8.91. The number of phenols is 1. The number of rotatable bonds is 6. The molecule has 2 aliphatic heterocycles. The number of para-hydroxylation sites is 2. The maximum atomic E-state index is 13.0. The Morgan fingerprint density at radius 2 is 1.92 bits per heavy atom. The fourth-order valence-electron chi connectivity index (χ4n) is 5.58. The molecule has 0 spiro atoms. The maximum absolute atomic E-state index is 13.0. The molecule has 1 aromatic heterocycles. The lowest BCUT2D eigenvalue weighted by atomic mass is 9.77. The minimum atomic E-state index is -4.26. The number of nitrogens with one attached hydrogen (secondary N) is 2. The number of anilines is 4. The molecule has 0 bridgehead atoms. The average molecular weight is 580 g/mol. The molecular formula is C27H29ClF3N5O2S. The normalized spacial score (nSPS) is 16.6. The summed E-state index contributed by atoms with van der Waals surface area (Å²) in [5.74, 6) is 0.116. The first-order valence-corrected chi connectivity index (χ1v) is 14.0. The predicted molar refractivity (Wildman–Crippen MR) is 149 cm³/mol. The molecule has 5 rings (SSSR count). The molecule has 0 aliphatic carbocycles. The van der Waals surface area contributed by atoms with Gasteiger partial charge in [0.1, 0.15) is 5.75 Å². The van der Waals surface area contributed by atoms with Gasteiger partial charge in [-0.1, -0.05) is 37.6 Å². The largest absolute Gasteiger partial charge is 0.506 e. The number of fused-ring (bicyclic) bond motifs is 2. The second-order valence-corrected chi connectivity index (χ2v) is 11.4. The number of nitrogens with zero attached hydrogens (tertiary/aromatic N) is 3. The van der Waals surface area contributed by atoms with Crippen molar-refractivity contribution in [2.24, 2.45) is 0 Å². The number of urea groups is 1. The van der Waals surface area contributed by atoms with Gasteiger partial charge in [0.25, 0.3) is 0 Å². The first-order valence-electron chi connectivity index (χ1n) is 12.8. The number of aromatic hydroxyl groups is 1. The summed E-state index contributed by atoms with van der Waals surface area (Å²) in [5, 5.41) is 17.4. The zero-order valence-corrected chi connectivity index (χ0v) is 23.1. The summed E-state index contributed by atoms with van der Waals surface area (Å²) in [6, 6.07) is 10.1. The molecule has 39 heavy (non-hydrogen) atoms. The summed E-state index contributed by atoms with van der Waals surface area (Å²) in [4.78, 5) is 21.5. The van der Waals surface area contributed by atoms with E-state index in [0.29, 0.717) is 45.9 Å². The van der Waals surface area contributed by atoms with E-state index in [1.807, 2.05) is 17.0 Å². The lowest BCUT2D eigenvalue weighted by molar-refractivity contribution is -0.147. The molecule has 3 N–H and O–H groups in total. The van der Waals surface area contributed by atoms with Crippen molar-refractivity contribution in [1.82, 2.24) is 9.88 Å². The quantitative estimate of drug-likeness (QED) is 0.286. The number of amides is 2. The van der Waals surface area contributed by atoms with Crippen LogP contribution in [0.15, 0.2) is 36.4 Å².